The number of fused-ring (bicyclic) bond motifs is 2. The molecular formula is C25H23N3O6S. The van der Waals surface area contributed by atoms with Crippen LogP contribution in [-0.2, 0) is 14.9 Å². The van der Waals surface area contributed by atoms with Gasteiger partial charge in [0.05, 0.1) is 22.5 Å². The molecule has 0 radical (unpaired) electrons. The summed E-state index contributed by atoms with van der Waals surface area (Å²) in [5.41, 5.74) is 7.93. The van der Waals surface area contributed by atoms with Crippen molar-refractivity contribution in [2.24, 2.45) is 0 Å². The molecule has 0 unspecified atom stereocenters. The van der Waals surface area contributed by atoms with Gasteiger partial charge in [-0.05, 0) is 43.2 Å². The van der Waals surface area contributed by atoms with E-state index in [2.05, 4.69) is 10.6 Å². The number of nitrogen functional groups attached to an aromatic ring is 1. The molecule has 3 aromatic rings. The molecule has 0 spiro atoms. The van der Waals surface area contributed by atoms with Crippen LogP contribution in [0.15, 0.2) is 47.4 Å². The maximum absolute atomic E-state index is 13.4. The number of hydrogen-bond donors (Lipinski definition) is 4. The Kier molecular flexibility index (Phi) is 5.95. The van der Waals surface area contributed by atoms with Gasteiger partial charge in [-0.3, -0.25) is 18.9 Å². The fraction of sp³-hybridized carbons (Fsp3) is 0.160. The van der Waals surface area contributed by atoms with Crippen LogP contribution in [0.2, 0.25) is 0 Å². The fourth-order valence-electron chi connectivity index (χ4n) is 4.06. The zero-order valence-corrected chi connectivity index (χ0v) is 20.0. The number of anilines is 4. The fourth-order valence-corrected chi connectivity index (χ4v) is 4.71. The van der Waals surface area contributed by atoms with Crippen molar-refractivity contribution in [3.63, 3.8) is 0 Å². The summed E-state index contributed by atoms with van der Waals surface area (Å²) in [7, 11) is -4.83. The first-order valence-electron chi connectivity index (χ1n) is 10.7. The SMILES string of the molecule is CCC(=O)Nc1cc(Nc2cc(S(=O)(=O)O)c(N)c3c2C(=O)c2ccccc2C3=O)cc(C)c1C. The zero-order chi connectivity index (χ0) is 25.7. The standard InChI is InChI=1S/C25H23N3O6S/c1-4-20(29)28-17-10-14(9-12(2)13(17)3)27-18-11-19(35(32,33)34)23(26)22-21(18)24(30)15-7-5-6-8-16(15)25(22)31/h5-11,27H,4,26H2,1-3H3,(H,28,29)(H,32,33,34). The molecule has 1 amide bonds. The Labute approximate surface area is 202 Å². The highest BCUT2D eigenvalue weighted by atomic mass is 32.2. The second kappa shape index (κ2) is 8.64. The van der Waals surface area contributed by atoms with Gasteiger partial charge in [-0.1, -0.05) is 31.2 Å². The molecule has 9 nitrogen and oxygen atoms in total. The average Bonchev–Trinajstić information content (AvgIpc) is 2.80. The highest BCUT2D eigenvalue weighted by Crippen LogP contribution is 2.40. The van der Waals surface area contributed by atoms with Crippen molar-refractivity contribution in [1.29, 1.82) is 0 Å². The molecule has 35 heavy (non-hydrogen) atoms. The highest BCUT2D eigenvalue weighted by molar-refractivity contribution is 7.86. The van der Waals surface area contributed by atoms with Gasteiger partial charge in [-0.2, -0.15) is 8.42 Å². The van der Waals surface area contributed by atoms with E-state index < -0.39 is 32.3 Å². The van der Waals surface area contributed by atoms with Gasteiger partial charge in [0.1, 0.15) is 4.90 Å². The minimum Gasteiger partial charge on any atom is -0.397 e. The van der Waals surface area contributed by atoms with Gasteiger partial charge in [-0.15, -0.1) is 0 Å². The molecule has 1 aliphatic rings. The third kappa shape index (κ3) is 4.17. The maximum atomic E-state index is 13.4. The van der Waals surface area contributed by atoms with E-state index >= 15 is 0 Å². The summed E-state index contributed by atoms with van der Waals surface area (Å²) in [6.45, 7) is 5.39. The number of carbonyl (C=O) groups excluding carboxylic acids is 3. The summed E-state index contributed by atoms with van der Waals surface area (Å²) in [6, 6.07) is 10.6. The van der Waals surface area contributed by atoms with E-state index in [0.717, 1.165) is 17.2 Å². The number of carbonyl (C=O) groups is 3. The van der Waals surface area contributed by atoms with Crippen molar-refractivity contribution in [1.82, 2.24) is 0 Å². The summed E-state index contributed by atoms with van der Waals surface area (Å²) in [6.07, 6.45) is 0.273. The molecule has 0 atom stereocenters. The second-order valence-electron chi connectivity index (χ2n) is 8.26. The Morgan fingerprint density at radius 1 is 0.971 bits per heavy atom. The van der Waals surface area contributed by atoms with Crippen LogP contribution in [-0.4, -0.2) is 30.4 Å². The van der Waals surface area contributed by atoms with Gasteiger partial charge in [0.25, 0.3) is 10.1 Å². The van der Waals surface area contributed by atoms with Crippen LogP contribution in [0.4, 0.5) is 22.7 Å². The lowest BCUT2D eigenvalue weighted by atomic mass is 9.82. The maximum Gasteiger partial charge on any atom is 0.296 e. The van der Waals surface area contributed by atoms with Crippen LogP contribution in [0.1, 0.15) is 56.3 Å². The van der Waals surface area contributed by atoms with Crippen molar-refractivity contribution in [2.45, 2.75) is 32.1 Å². The van der Waals surface area contributed by atoms with E-state index in [4.69, 9.17) is 5.73 Å². The van der Waals surface area contributed by atoms with Gasteiger partial charge < -0.3 is 16.4 Å². The number of benzene rings is 3. The molecule has 0 saturated carbocycles. The molecule has 0 aliphatic heterocycles. The van der Waals surface area contributed by atoms with Crippen LogP contribution in [0.25, 0.3) is 0 Å². The Bertz CT molecular complexity index is 1540. The molecular weight excluding hydrogens is 470 g/mol. The highest BCUT2D eigenvalue weighted by Gasteiger charge is 2.36. The molecule has 0 saturated heterocycles. The monoisotopic (exact) mass is 493 g/mol. The Hall–Kier alpha value is -4.02. The first kappa shape index (κ1) is 24.1. The minimum absolute atomic E-state index is 0.0225. The number of rotatable bonds is 5. The number of nitrogens with two attached hydrogens (primary N) is 1. The topological polar surface area (TPSA) is 156 Å². The third-order valence-electron chi connectivity index (χ3n) is 6.02. The van der Waals surface area contributed by atoms with Gasteiger partial charge in [0.2, 0.25) is 5.91 Å². The normalized spacial score (nSPS) is 12.7. The van der Waals surface area contributed by atoms with Crippen molar-refractivity contribution in [3.05, 3.63) is 75.8 Å². The Morgan fingerprint density at radius 2 is 1.57 bits per heavy atom. The predicted octanol–water partition coefficient (Wildman–Crippen LogP) is 4.00. The first-order chi connectivity index (χ1) is 16.4. The summed E-state index contributed by atoms with van der Waals surface area (Å²) in [4.78, 5) is 38.0. The van der Waals surface area contributed by atoms with Crippen LogP contribution >= 0.6 is 0 Å². The smallest absolute Gasteiger partial charge is 0.296 e. The number of ketones is 2. The predicted molar refractivity (Wildman–Crippen MR) is 132 cm³/mol. The number of amides is 1. The Morgan fingerprint density at radius 3 is 2.14 bits per heavy atom. The summed E-state index contributed by atoms with van der Waals surface area (Å²) in [5.74, 6) is -1.34. The summed E-state index contributed by atoms with van der Waals surface area (Å²) >= 11 is 0. The Balaban J connectivity index is 1.95. The summed E-state index contributed by atoms with van der Waals surface area (Å²) in [5, 5.41) is 5.80. The zero-order valence-electron chi connectivity index (χ0n) is 19.2. The lowest BCUT2D eigenvalue weighted by molar-refractivity contribution is -0.115. The molecule has 5 N–H and O–H groups in total. The first-order valence-corrected chi connectivity index (χ1v) is 12.2. The van der Waals surface area contributed by atoms with Crippen molar-refractivity contribution in [3.8, 4) is 0 Å². The number of hydrogen-bond acceptors (Lipinski definition) is 7. The number of nitrogens with one attached hydrogen (secondary N) is 2. The minimum atomic E-state index is -4.83. The van der Waals surface area contributed by atoms with E-state index in [1.54, 1.807) is 31.2 Å². The van der Waals surface area contributed by atoms with E-state index in [-0.39, 0.29) is 40.3 Å². The molecule has 0 heterocycles. The molecule has 4 rings (SSSR count). The second-order valence-corrected chi connectivity index (χ2v) is 9.65. The average molecular weight is 494 g/mol. The largest absolute Gasteiger partial charge is 0.397 e. The van der Waals surface area contributed by atoms with E-state index in [9.17, 15) is 27.4 Å². The van der Waals surface area contributed by atoms with Gasteiger partial charge in [0, 0.05) is 28.9 Å². The van der Waals surface area contributed by atoms with E-state index in [1.165, 1.54) is 12.1 Å². The molecule has 0 fully saturated rings. The van der Waals surface area contributed by atoms with Gasteiger partial charge in [0.15, 0.2) is 11.6 Å². The third-order valence-corrected chi connectivity index (χ3v) is 6.91. The van der Waals surface area contributed by atoms with Gasteiger partial charge >= 0.3 is 0 Å². The van der Waals surface area contributed by atoms with Crippen molar-refractivity contribution < 1.29 is 27.4 Å². The molecule has 1 aliphatic carbocycles. The van der Waals surface area contributed by atoms with Crippen LogP contribution in [0, 0.1) is 13.8 Å². The van der Waals surface area contributed by atoms with Crippen molar-refractivity contribution >= 4 is 50.3 Å². The van der Waals surface area contributed by atoms with Crippen molar-refractivity contribution in [2.75, 3.05) is 16.4 Å². The van der Waals surface area contributed by atoms with Crippen LogP contribution < -0.4 is 16.4 Å². The molecule has 0 bridgehead atoms. The van der Waals surface area contributed by atoms with Gasteiger partial charge in [-0.25, -0.2) is 0 Å². The summed E-state index contributed by atoms with van der Waals surface area (Å²) < 4.78 is 34.0. The molecule has 10 heteroatoms. The van der Waals surface area contributed by atoms with E-state index in [0.29, 0.717) is 11.4 Å². The lowest BCUT2D eigenvalue weighted by Gasteiger charge is -2.24. The molecule has 180 valence electrons. The molecule has 0 aromatic heterocycles. The number of aryl methyl sites for hydroxylation is 1. The quantitative estimate of drug-likeness (QED) is 0.240. The van der Waals surface area contributed by atoms with Crippen LogP contribution in [0.3, 0.4) is 0 Å². The molecule has 3 aromatic carbocycles. The van der Waals surface area contributed by atoms with Crippen LogP contribution in [0.5, 0.6) is 0 Å². The van der Waals surface area contributed by atoms with E-state index in [1.807, 2.05) is 13.8 Å². The lowest BCUT2D eigenvalue weighted by Crippen LogP contribution is -2.25.